The number of rotatable bonds is 5. The Morgan fingerprint density at radius 2 is 1.85 bits per heavy atom. The largest absolute Gasteiger partial charge is 0.507 e. The number of carbonyl (C=O) groups excluding carboxylic acids is 2. The zero-order valence-corrected chi connectivity index (χ0v) is 22.2. The molecule has 2 aromatic rings. The van der Waals surface area contributed by atoms with Gasteiger partial charge in [-0.05, 0) is 18.9 Å². The number of hydrogen-bond donors (Lipinski definition) is 6. The van der Waals surface area contributed by atoms with E-state index >= 15 is 0 Å². The van der Waals surface area contributed by atoms with Crippen LogP contribution in [0.1, 0.15) is 75.8 Å². The first kappa shape index (κ1) is 28.0. The number of phenols is 2. The summed E-state index contributed by atoms with van der Waals surface area (Å²) in [5, 5.41) is 58.3. The lowest BCUT2D eigenvalue weighted by atomic mass is 9.71. The molecule has 2 aliphatic carbocycles. The average Bonchev–Trinajstić information content (AvgIpc) is 2.92. The van der Waals surface area contributed by atoms with Crippen molar-refractivity contribution in [1.82, 2.24) is 0 Å². The monoisotopic (exact) mass is 556 g/mol. The van der Waals surface area contributed by atoms with Gasteiger partial charge < -0.3 is 45.6 Å². The Kier molecular flexibility index (Phi) is 7.09. The van der Waals surface area contributed by atoms with Gasteiger partial charge in [0.1, 0.15) is 22.8 Å². The molecule has 3 aliphatic rings. The number of nitrogens with zero attached hydrogens (tertiary/aromatic N) is 1. The van der Waals surface area contributed by atoms with E-state index < -0.39 is 77.4 Å². The van der Waals surface area contributed by atoms with Crippen molar-refractivity contribution in [2.24, 2.45) is 16.9 Å². The van der Waals surface area contributed by atoms with Gasteiger partial charge in [0.05, 0.1) is 54.4 Å². The SMILES string of the molecule is COc1cccc2c1C(=O)c1c(O)c3c(c(O)c1C2=O)C[C@@](O)(/C(CO)=N/N)C[C@@H]3O[C@H]1C[C@H](C)[C@H](O)[C@H](C)O1. The predicted molar refractivity (Wildman–Crippen MR) is 140 cm³/mol. The van der Waals surface area contributed by atoms with Crippen LogP contribution >= 0.6 is 0 Å². The van der Waals surface area contributed by atoms with Gasteiger partial charge in [0.25, 0.3) is 0 Å². The van der Waals surface area contributed by atoms with Crippen LogP contribution in [0.3, 0.4) is 0 Å². The summed E-state index contributed by atoms with van der Waals surface area (Å²) < 4.78 is 17.3. The Morgan fingerprint density at radius 3 is 2.48 bits per heavy atom. The Morgan fingerprint density at radius 1 is 1.15 bits per heavy atom. The molecule has 0 aromatic heterocycles. The molecule has 1 aliphatic heterocycles. The standard InChI is InChI=1S/C28H32N2O10/c1-11-7-18(39-12(2)23(11)32)40-16-9-28(37,17(10-31)30-29)8-14-20(16)27(36)22-21(25(14)34)24(33)13-5-4-6-15(38-3)19(13)26(22)35/h4-6,11-12,16,18,23,31-32,34,36-37H,7-10,29H2,1-3H3/b30-17+/t11-,12-,16-,18-,23-,28-/m0/s1. The molecule has 12 nitrogen and oxygen atoms in total. The maximum Gasteiger partial charge on any atom is 0.202 e. The van der Waals surface area contributed by atoms with Gasteiger partial charge in [0.15, 0.2) is 12.1 Å². The second kappa shape index (κ2) is 10.1. The lowest BCUT2D eigenvalue weighted by Gasteiger charge is -2.43. The van der Waals surface area contributed by atoms with E-state index in [-0.39, 0.29) is 52.5 Å². The number of benzene rings is 2. The van der Waals surface area contributed by atoms with Crippen LogP contribution in [0.25, 0.3) is 0 Å². The first-order valence-corrected chi connectivity index (χ1v) is 12.9. The first-order valence-electron chi connectivity index (χ1n) is 12.9. The summed E-state index contributed by atoms with van der Waals surface area (Å²) >= 11 is 0. The molecular formula is C28H32N2O10. The number of aromatic hydroxyl groups is 2. The fourth-order valence-electron chi connectivity index (χ4n) is 6.11. The van der Waals surface area contributed by atoms with Gasteiger partial charge in [-0.1, -0.05) is 19.1 Å². The number of carbonyl (C=O) groups is 2. The molecule has 0 unspecified atom stereocenters. The van der Waals surface area contributed by atoms with E-state index in [1.54, 1.807) is 6.92 Å². The molecule has 0 bridgehead atoms. The predicted octanol–water partition coefficient (Wildman–Crippen LogP) is 1.06. The summed E-state index contributed by atoms with van der Waals surface area (Å²) in [7, 11) is 1.35. The maximum absolute atomic E-state index is 13.7. The third-order valence-electron chi connectivity index (χ3n) is 8.23. The Hall–Kier alpha value is -3.55. The molecule has 0 amide bonds. The number of ketones is 2. The molecule has 0 saturated carbocycles. The fourth-order valence-corrected chi connectivity index (χ4v) is 6.11. The molecule has 12 heteroatoms. The van der Waals surface area contributed by atoms with Crippen molar-refractivity contribution < 1.29 is 49.3 Å². The number of hydrazone groups is 1. The van der Waals surface area contributed by atoms with Gasteiger partial charge >= 0.3 is 0 Å². The number of fused-ring (bicyclic) bond motifs is 3. The van der Waals surface area contributed by atoms with Gasteiger partial charge in [-0.25, -0.2) is 0 Å². The van der Waals surface area contributed by atoms with Crippen molar-refractivity contribution in [2.75, 3.05) is 13.7 Å². The molecule has 1 heterocycles. The van der Waals surface area contributed by atoms with Gasteiger partial charge in [-0.15, -0.1) is 0 Å². The number of phenolic OH excluding ortho intramolecular Hbond substituents is 2. The van der Waals surface area contributed by atoms with Crippen LogP contribution in [0, 0.1) is 5.92 Å². The summed E-state index contributed by atoms with van der Waals surface area (Å²) in [5.41, 5.74) is -3.10. The molecule has 214 valence electrons. The number of nitrogens with two attached hydrogens (primary N) is 1. The molecule has 5 rings (SSSR count). The second-order valence-electron chi connectivity index (χ2n) is 10.6. The Bertz CT molecular complexity index is 1410. The fraction of sp³-hybridized carbons (Fsp3) is 0.464. The minimum Gasteiger partial charge on any atom is -0.507 e. The topological polar surface area (TPSA) is 201 Å². The van der Waals surface area contributed by atoms with Crippen LogP contribution in [0.5, 0.6) is 17.2 Å². The van der Waals surface area contributed by atoms with E-state index in [4.69, 9.17) is 20.1 Å². The Labute approximate surface area is 229 Å². The molecule has 40 heavy (non-hydrogen) atoms. The van der Waals surface area contributed by atoms with Crippen LogP contribution in [0.15, 0.2) is 23.3 Å². The lowest BCUT2D eigenvalue weighted by molar-refractivity contribution is -0.254. The summed E-state index contributed by atoms with van der Waals surface area (Å²) in [5.74, 6) is 2.74. The van der Waals surface area contributed by atoms with E-state index in [0.717, 1.165) is 0 Å². The highest BCUT2D eigenvalue weighted by molar-refractivity contribution is 6.31. The normalized spacial score (nSPS) is 29.9. The number of aliphatic hydroxyl groups excluding tert-OH is 2. The third kappa shape index (κ3) is 4.14. The number of aliphatic hydroxyl groups is 3. The molecule has 1 fully saturated rings. The van der Waals surface area contributed by atoms with Gasteiger partial charge in [-0.3, -0.25) is 9.59 Å². The van der Waals surface area contributed by atoms with Crippen molar-refractivity contribution in [3.05, 3.63) is 51.6 Å². The van der Waals surface area contributed by atoms with Crippen LogP contribution in [-0.2, 0) is 15.9 Å². The molecule has 0 radical (unpaired) electrons. The second-order valence-corrected chi connectivity index (χ2v) is 10.6. The minimum atomic E-state index is -1.94. The van der Waals surface area contributed by atoms with Crippen molar-refractivity contribution in [3.8, 4) is 17.2 Å². The first-order chi connectivity index (χ1) is 19.0. The maximum atomic E-state index is 13.7. The zero-order chi connectivity index (χ0) is 29.1. The number of ether oxygens (including phenoxy) is 3. The highest BCUT2D eigenvalue weighted by atomic mass is 16.7. The van der Waals surface area contributed by atoms with Crippen molar-refractivity contribution in [1.29, 1.82) is 0 Å². The van der Waals surface area contributed by atoms with E-state index in [9.17, 15) is 35.1 Å². The summed E-state index contributed by atoms with van der Waals surface area (Å²) in [6.45, 7) is 2.80. The van der Waals surface area contributed by atoms with Crippen molar-refractivity contribution in [3.63, 3.8) is 0 Å². The highest BCUT2D eigenvalue weighted by Gasteiger charge is 2.49. The number of hydrogen-bond acceptors (Lipinski definition) is 12. The van der Waals surface area contributed by atoms with Gasteiger partial charge in [0, 0.05) is 36.0 Å². The van der Waals surface area contributed by atoms with Crippen molar-refractivity contribution >= 4 is 17.3 Å². The summed E-state index contributed by atoms with van der Waals surface area (Å²) in [6.07, 6.45) is -3.81. The van der Waals surface area contributed by atoms with E-state index in [1.807, 2.05) is 6.92 Å². The number of methoxy groups -OCH3 is 1. The summed E-state index contributed by atoms with van der Waals surface area (Å²) in [6, 6.07) is 4.46. The van der Waals surface area contributed by atoms with E-state index in [2.05, 4.69) is 5.10 Å². The molecular weight excluding hydrogens is 524 g/mol. The smallest absolute Gasteiger partial charge is 0.202 e. The van der Waals surface area contributed by atoms with Gasteiger partial charge in [-0.2, -0.15) is 5.10 Å². The molecule has 7 N–H and O–H groups in total. The van der Waals surface area contributed by atoms with Crippen LogP contribution in [0.4, 0.5) is 0 Å². The zero-order valence-electron chi connectivity index (χ0n) is 22.2. The lowest BCUT2D eigenvalue weighted by Crippen LogP contribution is -2.49. The summed E-state index contributed by atoms with van der Waals surface area (Å²) in [4.78, 5) is 27.3. The molecule has 1 saturated heterocycles. The minimum absolute atomic E-state index is 0.00948. The molecule has 2 aromatic carbocycles. The van der Waals surface area contributed by atoms with Gasteiger partial charge in [0.2, 0.25) is 5.78 Å². The van der Waals surface area contributed by atoms with Crippen LogP contribution < -0.4 is 10.6 Å². The molecule has 6 atom stereocenters. The average molecular weight is 557 g/mol. The van der Waals surface area contributed by atoms with Crippen LogP contribution in [0.2, 0.25) is 0 Å². The highest BCUT2D eigenvalue weighted by Crippen LogP contribution is 2.52. The van der Waals surface area contributed by atoms with E-state index in [0.29, 0.717) is 0 Å². The Balaban J connectivity index is 1.70. The van der Waals surface area contributed by atoms with E-state index in [1.165, 1.54) is 25.3 Å². The molecule has 0 spiro atoms. The quantitative estimate of drug-likeness (QED) is 0.114. The van der Waals surface area contributed by atoms with Crippen LogP contribution in [-0.4, -0.2) is 80.6 Å². The van der Waals surface area contributed by atoms with Crippen molar-refractivity contribution in [2.45, 2.75) is 63.3 Å². The third-order valence-corrected chi connectivity index (χ3v) is 8.23.